The molecular weight excluding hydrogens is 359 g/mol. The highest BCUT2D eigenvalue weighted by atomic mass is 19.4. The molecule has 5 nitrogen and oxygen atoms in total. The Morgan fingerprint density at radius 2 is 2.00 bits per heavy atom. The minimum absolute atomic E-state index is 0.273. The van der Waals surface area contributed by atoms with Crippen LogP contribution in [0, 0.1) is 0 Å². The lowest BCUT2D eigenvalue weighted by atomic mass is 10.0. The normalized spacial score (nSPS) is 16.4. The molecule has 0 saturated carbocycles. The van der Waals surface area contributed by atoms with Gasteiger partial charge in [-0.05, 0) is 36.4 Å². The van der Waals surface area contributed by atoms with Crippen molar-refractivity contribution in [2.24, 2.45) is 0 Å². The third kappa shape index (κ3) is 4.05. The number of fused-ring (bicyclic) bond motifs is 1. The lowest BCUT2D eigenvalue weighted by molar-refractivity contribution is -0.137. The standard InChI is InChI=1S/C19H18F3N3O2/c1-3-17(26)23-13-10-15-16(8-9-18(24-15)27-2)25(11-13)14-6-4-12(5-7-14)19(20,21)22/h3-9,13H,1,10-11H2,2H3,(H,23,26). The monoisotopic (exact) mass is 377 g/mol. The van der Waals surface area contributed by atoms with Gasteiger partial charge in [-0.25, -0.2) is 4.98 Å². The Morgan fingerprint density at radius 1 is 1.30 bits per heavy atom. The van der Waals surface area contributed by atoms with Crippen molar-refractivity contribution < 1.29 is 22.7 Å². The van der Waals surface area contributed by atoms with Crippen LogP contribution < -0.4 is 15.0 Å². The van der Waals surface area contributed by atoms with Crippen molar-refractivity contribution in [3.8, 4) is 5.88 Å². The van der Waals surface area contributed by atoms with E-state index in [2.05, 4.69) is 16.9 Å². The fraction of sp³-hybridized carbons (Fsp3) is 0.263. The second kappa shape index (κ2) is 7.30. The lowest BCUT2D eigenvalue weighted by Gasteiger charge is -2.36. The Kier molecular flexibility index (Phi) is 5.07. The van der Waals surface area contributed by atoms with E-state index in [4.69, 9.17) is 4.74 Å². The van der Waals surface area contributed by atoms with Gasteiger partial charge in [-0.1, -0.05) is 6.58 Å². The first kappa shape index (κ1) is 18.8. The minimum Gasteiger partial charge on any atom is -0.481 e. The fourth-order valence-electron chi connectivity index (χ4n) is 3.03. The summed E-state index contributed by atoms with van der Waals surface area (Å²) in [7, 11) is 1.50. The number of anilines is 2. The number of ether oxygens (including phenoxy) is 1. The average molecular weight is 377 g/mol. The molecule has 142 valence electrons. The first-order valence-electron chi connectivity index (χ1n) is 8.23. The van der Waals surface area contributed by atoms with Crippen molar-refractivity contribution in [3.05, 3.63) is 60.3 Å². The van der Waals surface area contributed by atoms with E-state index in [1.54, 1.807) is 6.07 Å². The van der Waals surface area contributed by atoms with Gasteiger partial charge in [-0.2, -0.15) is 13.2 Å². The molecule has 1 atom stereocenters. The average Bonchev–Trinajstić information content (AvgIpc) is 2.66. The second-order valence-corrected chi connectivity index (χ2v) is 6.09. The van der Waals surface area contributed by atoms with E-state index in [-0.39, 0.29) is 11.9 Å². The number of amides is 1. The number of benzene rings is 1. The fourth-order valence-corrected chi connectivity index (χ4v) is 3.03. The molecule has 2 aromatic rings. The van der Waals surface area contributed by atoms with Crippen LogP contribution in [0.25, 0.3) is 0 Å². The van der Waals surface area contributed by atoms with Gasteiger partial charge >= 0.3 is 6.18 Å². The summed E-state index contributed by atoms with van der Waals surface area (Å²) in [4.78, 5) is 18.0. The van der Waals surface area contributed by atoms with Gasteiger partial charge in [0.05, 0.1) is 30.1 Å². The summed E-state index contributed by atoms with van der Waals surface area (Å²) in [5.74, 6) is 0.107. The van der Waals surface area contributed by atoms with Gasteiger partial charge in [0, 0.05) is 24.7 Å². The van der Waals surface area contributed by atoms with Crippen molar-refractivity contribution in [1.29, 1.82) is 0 Å². The van der Waals surface area contributed by atoms with E-state index in [1.807, 2.05) is 11.0 Å². The number of pyridine rings is 1. The summed E-state index contributed by atoms with van der Waals surface area (Å²) in [6.45, 7) is 3.83. The zero-order chi connectivity index (χ0) is 19.6. The Bertz CT molecular complexity index is 850. The van der Waals surface area contributed by atoms with E-state index >= 15 is 0 Å². The van der Waals surface area contributed by atoms with E-state index in [0.29, 0.717) is 30.2 Å². The predicted octanol–water partition coefficient (Wildman–Crippen LogP) is 3.47. The van der Waals surface area contributed by atoms with Crippen LogP contribution in [0.4, 0.5) is 24.5 Å². The maximum atomic E-state index is 12.8. The molecular formula is C19H18F3N3O2. The summed E-state index contributed by atoms with van der Waals surface area (Å²) in [5, 5.41) is 2.82. The molecule has 0 spiro atoms. The maximum Gasteiger partial charge on any atom is 0.416 e. The van der Waals surface area contributed by atoms with E-state index in [0.717, 1.165) is 17.8 Å². The Labute approximate surface area is 154 Å². The van der Waals surface area contributed by atoms with Crippen molar-refractivity contribution in [2.75, 3.05) is 18.6 Å². The molecule has 2 heterocycles. The van der Waals surface area contributed by atoms with Gasteiger partial charge in [0.1, 0.15) is 0 Å². The second-order valence-electron chi connectivity index (χ2n) is 6.09. The van der Waals surface area contributed by atoms with Gasteiger partial charge in [0.15, 0.2) is 0 Å². The zero-order valence-corrected chi connectivity index (χ0v) is 14.6. The summed E-state index contributed by atoms with van der Waals surface area (Å²) in [6.07, 6.45) is -2.74. The molecule has 1 aliphatic heterocycles. The van der Waals surface area contributed by atoms with Gasteiger partial charge in [0.25, 0.3) is 0 Å². The largest absolute Gasteiger partial charge is 0.481 e. The number of aromatic nitrogens is 1. The lowest BCUT2D eigenvalue weighted by Crippen LogP contribution is -2.46. The molecule has 1 N–H and O–H groups in total. The van der Waals surface area contributed by atoms with Crippen LogP contribution in [0.1, 0.15) is 11.3 Å². The quantitative estimate of drug-likeness (QED) is 0.829. The van der Waals surface area contributed by atoms with Crippen LogP contribution in [0.15, 0.2) is 49.1 Å². The maximum absolute atomic E-state index is 12.8. The van der Waals surface area contributed by atoms with Crippen molar-refractivity contribution >= 4 is 17.3 Å². The first-order chi connectivity index (χ1) is 12.8. The molecule has 0 radical (unpaired) electrons. The molecule has 0 fully saturated rings. The van der Waals surface area contributed by atoms with Gasteiger partial charge in [0.2, 0.25) is 11.8 Å². The number of rotatable bonds is 4. The van der Waals surface area contributed by atoms with Crippen molar-refractivity contribution in [1.82, 2.24) is 10.3 Å². The smallest absolute Gasteiger partial charge is 0.416 e. The van der Waals surface area contributed by atoms with Crippen LogP contribution in [-0.2, 0) is 17.4 Å². The molecule has 3 rings (SSSR count). The van der Waals surface area contributed by atoms with E-state index in [1.165, 1.54) is 25.3 Å². The topological polar surface area (TPSA) is 54.5 Å². The van der Waals surface area contributed by atoms with Crippen LogP contribution >= 0.6 is 0 Å². The molecule has 0 saturated heterocycles. The SMILES string of the molecule is C=CC(=O)NC1Cc2nc(OC)ccc2N(c2ccc(C(F)(F)F)cc2)C1. The van der Waals surface area contributed by atoms with Crippen molar-refractivity contribution in [3.63, 3.8) is 0 Å². The molecule has 27 heavy (non-hydrogen) atoms. The van der Waals surface area contributed by atoms with E-state index in [9.17, 15) is 18.0 Å². The van der Waals surface area contributed by atoms with Gasteiger partial charge < -0.3 is 15.0 Å². The number of hydrogen-bond acceptors (Lipinski definition) is 4. The highest BCUT2D eigenvalue weighted by Gasteiger charge is 2.31. The summed E-state index contributed by atoms with van der Waals surface area (Å²) in [6, 6.07) is 8.13. The molecule has 0 aliphatic carbocycles. The minimum atomic E-state index is -4.40. The van der Waals surface area contributed by atoms with Crippen LogP contribution in [-0.4, -0.2) is 30.6 Å². The van der Waals surface area contributed by atoms with Gasteiger partial charge in [-0.15, -0.1) is 0 Å². The molecule has 1 unspecified atom stereocenters. The van der Waals surface area contributed by atoms with Crippen LogP contribution in [0.3, 0.4) is 0 Å². The number of hydrogen-bond donors (Lipinski definition) is 1. The Balaban J connectivity index is 1.97. The van der Waals surface area contributed by atoms with Crippen LogP contribution in [0.5, 0.6) is 5.88 Å². The highest BCUT2D eigenvalue weighted by Crippen LogP contribution is 2.36. The summed E-state index contributed by atoms with van der Waals surface area (Å²) < 4.78 is 43.7. The third-order valence-corrected chi connectivity index (χ3v) is 4.31. The summed E-state index contributed by atoms with van der Waals surface area (Å²) >= 11 is 0. The number of nitrogens with zero attached hydrogens (tertiary/aromatic N) is 2. The third-order valence-electron chi connectivity index (χ3n) is 4.31. The van der Waals surface area contributed by atoms with E-state index < -0.39 is 11.7 Å². The molecule has 0 bridgehead atoms. The number of carbonyl (C=O) groups is 1. The first-order valence-corrected chi connectivity index (χ1v) is 8.23. The number of alkyl halides is 3. The highest BCUT2D eigenvalue weighted by molar-refractivity contribution is 5.87. The molecule has 1 amide bonds. The Hall–Kier alpha value is -3.03. The predicted molar refractivity (Wildman–Crippen MR) is 95.1 cm³/mol. The van der Waals surface area contributed by atoms with Crippen molar-refractivity contribution in [2.45, 2.75) is 18.6 Å². The van der Waals surface area contributed by atoms with Crippen LogP contribution in [0.2, 0.25) is 0 Å². The number of carbonyl (C=O) groups excluding carboxylic acids is 1. The van der Waals surface area contributed by atoms with Gasteiger partial charge in [-0.3, -0.25) is 4.79 Å². The Morgan fingerprint density at radius 3 is 2.59 bits per heavy atom. The molecule has 1 aromatic heterocycles. The zero-order valence-electron chi connectivity index (χ0n) is 14.6. The number of methoxy groups -OCH3 is 1. The molecule has 1 aliphatic rings. The number of halogens is 3. The number of nitrogens with one attached hydrogen (secondary N) is 1. The summed E-state index contributed by atoms with van der Waals surface area (Å²) in [5.41, 5.74) is 1.32. The molecule has 1 aromatic carbocycles. The molecule has 8 heteroatoms.